The van der Waals surface area contributed by atoms with Crippen molar-refractivity contribution in [3.63, 3.8) is 0 Å². The third-order valence-corrected chi connectivity index (χ3v) is 6.03. The number of aryl methyl sites for hydroxylation is 1. The first-order valence-corrected chi connectivity index (χ1v) is 11.3. The van der Waals surface area contributed by atoms with Gasteiger partial charge in [0.15, 0.2) is 5.16 Å². The van der Waals surface area contributed by atoms with Crippen molar-refractivity contribution in [2.75, 3.05) is 36.5 Å². The third kappa shape index (κ3) is 5.62. The van der Waals surface area contributed by atoms with Crippen LogP contribution in [0.4, 0.5) is 11.4 Å². The summed E-state index contributed by atoms with van der Waals surface area (Å²) in [5.41, 5.74) is 4.70. The van der Waals surface area contributed by atoms with E-state index < -0.39 is 0 Å². The summed E-state index contributed by atoms with van der Waals surface area (Å²) in [4.78, 5) is 24.2. The van der Waals surface area contributed by atoms with E-state index in [1.54, 1.807) is 0 Å². The number of anilines is 2. The molecule has 0 aliphatic carbocycles. The average Bonchev–Trinajstić information content (AvgIpc) is 2.80. The summed E-state index contributed by atoms with van der Waals surface area (Å²) in [7, 11) is 0. The number of nitrogens with zero attached hydrogens (tertiary/aromatic N) is 3. The molecule has 0 saturated carbocycles. The highest BCUT2D eigenvalue weighted by atomic mass is 32.2. The van der Waals surface area contributed by atoms with Gasteiger partial charge in [-0.2, -0.15) is 0 Å². The molecule has 1 saturated heterocycles. The molecule has 1 atom stereocenters. The number of carbonyl (C=O) groups is 1. The van der Waals surface area contributed by atoms with E-state index in [2.05, 4.69) is 20.2 Å². The molecule has 1 amide bonds. The molecule has 0 spiro atoms. The van der Waals surface area contributed by atoms with Crippen LogP contribution in [-0.2, 0) is 9.53 Å². The van der Waals surface area contributed by atoms with Gasteiger partial charge in [0, 0.05) is 35.7 Å². The van der Waals surface area contributed by atoms with Crippen LogP contribution in [0.5, 0.6) is 0 Å². The van der Waals surface area contributed by atoms with Gasteiger partial charge in [0.05, 0.1) is 24.2 Å². The van der Waals surface area contributed by atoms with E-state index in [0.29, 0.717) is 5.16 Å². The minimum absolute atomic E-state index is 0.0736. The predicted octanol–water partition coefficient (Wildman–Crippen LogP) is 4.41. The molecule has 31 heavy (non-hydrogen) atoms. The Balaban J connectivity index is 1.39. The van der Waals surface area contributed by atoms with Crippen LogP contribution in [0.3, 0.4) is 0 Å². The van der Waals surface area contributed by atoms with Crippen LogP contribution in [0.15, 0.2) is 65.8 Å². The highest BCUT2D eigenvalue weighted by molar-refractivity contribution is 8.00. The summed E-state index contributed by atoms with van der Waals surface area (Å²) < 4.78 is 5.40. The fraction of sp³-hybridized carbons (Fsp3) is 0.292. The maximum absolute atomic E-state index is 12.7. The van der Waals surface area contributed by atoms with Crippen molar-refractivity contribution in [2.24, 2.45) is 0 Å². The number of benzene rings is 2. The van der Waals surface area contributed by atoms with Crippen molar-refractivity contribution in [1.29, 1.82) is 0 Å². The van der Waals surface area contributed by atoms with Crippen LogP contribution in [0.1, 0.15) is 12.6 Å². The molecule has 1 aliphatic rings. The molecule has 0 radical (unpaired) electrons. The fourth-order valence-electron chi connectivity index (χ4n) is 3.38. The first-order chi connectivity index (χ1) is 15.1. The maximum Gasteiger partial charge on any atom is 0.237 e. The molecule has 160 valence electrons. The van der Waals surface area contributed by atoms with Gasteiger partial charge in [-0.1, -0.05) is 42.1 Å². The number of nitrogens with one attached hydrogen (secondary N) is 1. The minimum Gasteiger partial charge on any atom is -0.378 e. The lowest BCUT2D eigenvalue weighted by Gasteiger charge is -2.28. The Morgan fingerprint density at radius 2 is 1.77 bits per heavy atom. The van der Waals surface area contributed by atoms with E-state index in [1.807, 2.05) is 74.5 Å². The van der Waals surface area contributed by atoms with Crippen molar-refractivity contribution in [3.05, 3.63) is 66.4 Å². The zero-order chi connectivity index (χ0) is 21.6. The number of rotatable bonds is 6. The summed E-state index contributed by atoms with van der Waals surface area (Å²) in [6, 6.07) is 19.9. The Kier molecular flexibility index (Phi) is 6.84. The molecule has 2 aromatic carbocycles. The number of ether oxygens (including phenoxy) is 1. The normalized spacial score (nSPS) is 14.8. The molecule has 4 rings (SSSR count). The molecule has 7 heteroatoms. The van der Waals surface area contributed by atoms with Crippen molar-refractivity contribution in [2.45, 2.75) is 24.3 Å². The zero-order valence-electron chi connectivity index (χ0n) is 17.7. The van der Waals surface area contributed by atoms with Crippen molar-refractivity contribution in [3.8, 4) is 11.3 Å². The maximum atomic E-state index is 12.7. The molecular formula is C24H26N4O2S. The summed E-state index contributed by atoms with van der Waals surface area (Å²) in [6.45, 7) is 7.09. The first-order valence-electron chi connectivity index (χ1n) is 10.4. The molecule has 1 fully saturated rings. The van der Waals surface area contributed by atoms with Gasteiger partial charge < -0.3 is 15.0 Å². The Hall–Kier alpha value is -2.90. The second kappa shape index (κ2) is 9.94. The number of carbonyl (C=O) groups excluding carboxylic acids is 1. The molecule has 1 aromatic heterocycles. The van der Waals surface area contributed by atoms with E-state index >= 15 is 0 Å². The van der Waals surface area contributed by atoms with Crippen LogP contribution in [-0.4, -0.2) is 47.4 Å². The summed E-state index contributed by atoms with van der Waals surface area (Å²) in [5.74, 6) is -0.0736. The number of hydrogen-bond acceptors (Lipinski definition) is 6. The van der Waals surface area contributed by atoms with Crippen LogP contribution in [0, 0.1) is 6.92 Å². The molecule has 1 aliphatic heterocycles. The number of thioether (sulfide) groups is 1. The first kappa shape index (κ1) is 21.3. The molecule has 0 unspecified atom stereocenters. The van der Waals surface area contributed by atoms with Crippen LogP contribution < -0.4 is 10.2 Å². The Labute approximate surface area is 187 Å². The van der Waals surface area contributed by atoms with Crippen molar-refractivity contribution < 1.29 is 9.53 Å². The lowest BCUT2D eigenvalue weighted by molar-refractivity contribution is -0.115. The van der Waals surface area contributed by atoms with Gasteiger partial charge in [-0.15, -0.1) is 0 Å². The minimum atomic E-state index is -0.329. The zero-order valence-corrected chi connectivity index (χ0v) is 18.6. The molecule has 1 N–H and O–H groups in total. The molecule has 3 aromatic rings. The van der Waals surface area contributed by atoms with Gasteiger partial charge in [-0.3, -0.25) is 4.79 Å². The van der Waals surface area contributed by atoms with Gasteiger partial charge in [-0.25, -0.2) is 9.97 Å². The van der Waals surface area contributed by atoms with E-state index in [-0.39, 0.29) is 11.2 Å². The lowest BCUT2D eigenvalue weighted by Crippen LogP contribution is -2.36. The Bertz CT molecular complexity index is 1020. The van der Waals surface area contributed by atoms with Crippen LogP contribution >= 0.6 is 11.8 Å². The quantitative estimate of drug-likeness (QED) is 0.458. The summed E-state index contributed by atoms with van der Waals surface area (Å²) >= 11 is 1.36. The van der Waals surface area contributed by atoms with Crippen LogP contribution in [0.2, 0.25) is 0 Å². The number of hydrogen-bond donors (Lipinski definition) is 1. The Morgan fingerprint density at radius 3 is 2.48 bits per heavy atom. The second-order valence-electron chi connectivity index (χ2n) is 7.44. The number of amides is 1. The van der Waals surface area contributed by atoms with Crippen molar-refractivity contribution in [1.82, 2.24) is 9.97 Å². The average molecular weight is 435 g/mol. The van der Waals surface area contributed by atoms with Gasteiger partial charge in [0.1, 0.15) is 0 Å². The highest BCUT2D eigenvalue weighted by Crippen LogP contribution is 2.26. The summed E-state index contributed by atoms with van der Waals surface area (Å²) in [6.07, 6.45) is 0. The lowest BCUT2D eigenvalue weighted by atomic mass is 10.1. The van der Waals surface area contributed by atoms with Gasteiger partial charge in [0.2, 0.25) is 5.91 Å². The standard InChI is InChI=1S/C24H26N4O2S/c1-17-16-22(19-6-4-3-5-7-19)27-24(25-17)31-18(2)23(29)26-20-8-10-21(11-9-20)28-12-14-30-15-13-28/h3-11,16,18H,12-15H2,1-2H3,(H,26,29)/t18-/m0/s1. The van der Waals surface area contributed by atoms with E-state index in [4.69, 9.17) is 4.74 Å². The van der Waals surface area contributed by atoms with Gasteiger partial charge in [-0.05, 0) is 44.2 Å². The smallest absolute Gasteiger partial charge is 0.237 e. The molecular weight excluding hydrogens is 408 g/mol. The van der Waals surface area contributed by atoms with E-state index in [9.17, 15) is 4.79 Å². The Morgan fingerprint density at radius 1 is 1.06 bits per heavy atom. The molecule has 0 bridgehead atoms. The van der Waals surface area contributed by atoms with Crippen molar-refractivity contribution >= 4 is 29.0 Å². The monoisotopic (exact) mass is 434 g/mol. The topological polar surface area (TPSA) is 67.4 Å². The fourth-order valence-corrected chi connectivity index (χ4v) is 4.21. The predicted molar refractivity (Wildman–Crippen MR) is 126 cm³/mol. The number of morpholine rings is 1. The highest BCUT2D eigenvalue weighted by Gasteiger charge is 2.18. The van der Waals surface area contributed by atoms with Gasteiger partial charge in [0.25, 0.3) is 0 Å². The molecule has 6 nitrogen and oxygen atoms in total. The summed E-state index contributed by atoms with van der Waals surface area (Å²) in [5, 5.41) is 3.27. The van der Waals surface area contributed by atoms with E-state index in [1.165, 1.54) is 11.8 Å². The second-order valence-corrected chi connectivity index (χ2v) is 8.75. The largest absolute Gasteiger partial charge is 0.378 e. The van der Waals surface area contributed by atoms with E-state index in [0.717, 1.165) is 54.6 Å². The van der Waals surface area contributed by atoms with Gasteiger partial charge >= 0.3 is 0 Å². The number of aromatic nitrogens is 2. The SMILES string of the molecule is Cc1cc(-c2ccccc2)nc(S[C@@H](C)C(=O)Nc2ccc(N3CCOCC3)cc2)n1. The molecule has 2 heterocycles. The third-order valence-electron chi connectivity index (χ3n) is 5.07. The van der Waals surface area contributed by atoms with Crippen LogP contribution in [0.25, 0.3) is 11.3 Å².